The van der Waals surface area contributed by atoms with Gasteiger partial charge in [-0.3, -0.25) is 4.79 Å². The fourth-order valence-corrected chi connectivity index (χ4v) is 1.83. The van der Waals surface area contributed by atoms with E-state index in [1.807, 2.05) is 17.5 Å². The van der Waals surface area contributed by atoms with E-state index in [2.05, 4.69) is 5.38 Å². The van der Waals surface area contributed by atoms with Gasteiger partial charge in [0.15, 0.2) is 0 Å². The van der Waals surface area contributed by atoms with Gasteiger partial charge >= 0.3 is 0 Å². The molecule has 0 amide bonds. The summed E-state index contributed by atoms with van der Waals surface area (Å²) >= 11 is 1.65. The average Bonchev–Trinajstić information content (AvgIpc) is 2.61. The molecular weight excluding hydrogens is 182 g/mol. The van der Waals surface area contributed by atoms with Crippen LogP contribution in [-0.4, -0.2) is 4.57 Å². The van der Waals surface area contributed by atoms with Gasteiger partial charge in [-0.15, -0.1) is 0 Å². The van der Waals surface area contributed by atoms with Crippen molar-refractivity contribution >= 4 is 11.3 Å². The molecule has 0 aliphatic heterocycles. The van der Waals surface area contributed by atoms with Gasteiger partial charge in [-0.05, 0) is 28.5 Å². The van der Waals surface area contributed by atoms with Crippen LogP contribution >= 0.6 is 11.3 Å². The Kier molecular flexibility index (Phi) is 2.27. The van der Waals surface area contributed by atoms with Crippen LogP contribution in [0.4, 0.5) is 0 Å². The molecule has 0 aliphatic rings. The molecule has 0 fully saturated rings. The van der Waals surface area contributed by atoms with Gasteiger partial charge in [0.2, 0.25) is 0 Å². The number of thiophene rings is 1. The van der Waals surface area contributed by atoms with Crippen LogP contribution in [-0.2, 0) is 6.54 Å². The first kappa shape index (κ1) is 8.26. The highest BCUT2D eigenvalue weighted by Crippen LogP contribution is 2.06. The Hall–Kier alpha value is -1.35. The second-order valence-electron chi connectivity index (χ2n) is 2.80. The number of hydrogen-bond acceptors (Lipinski definition) is 2. The lowest BCUT2D eigenvalue weighted by atomic mass is 10.3. The SMILES string of the molecule is O=c1ccccn1Cc1ccsc1. The standard InChI is InChI=1S/C10H9NOS/c12-10-3-1-2-5-11(10)7-9-4-6-13-8-9/h1-6,8H,7H2. The fraction of sp³-hybridized carbons (Fsp3) is 0.100. The minimum atomic E-state index is 0.0497. The molecule has 0 N–H and O–H groups in total. The van der Waals surface area contributed by atoms with E-state index in [9.17, 15) is 4.79 Å². The molecule has 66 valence electrons. The summed E-state index contributed by atoms with van der Waals surface area (Å²) in [7, 11) is 0. The number of hydrogen-bond donors (Lipinski definition) is 0. The minimum Gasteiger partial charge on any atom is -0.311 e. The van der Waals surface area contributed by atoms with Crippen molar-refractivity contribution in [1.82, 2.24) is 4.57 Å². The number of aromatic nitrogens is 1. The lowest BCUT2D eigenvalue weighted by molar-refractivity contribution is 0.762. The molecule has 3 heteroatoms. The van der Waals surface area contributed by atoms with Gasteiger partial charge in [0.05, 0.1) is 6.54 Å². The maximum Gasteiger partial charge on any atom is 0.250 e. The van der Waals surface area contributed by atoms with Crippen molar-refractivity contribution in [3.63, 3.8) is 0 Å². The van der Waals surface area contributed by atoms with Gasteiger partial charge < -0.3 is 4.57 Å². The van der Waals surface area contributed by atoms with Crippen LogP contribution in [0.15, 0.2) is 46.0 Å². The largest absolute Gasteiger partial charge is 0.311 e. The molecule has 2 rings (SSSR count). The summed E-state index contributed by atoms with van der Waals surface area (Å²) in [5.41, 5.74) is 1.23. The Morgan fingerprint density at radius 1 is 1.31 bits per heavy atom. The minimum absolute atomic E-state index is 0.0497. The molecule has 0 saturated heterocycles. The van der Waals surface area contributed by atoms with Crippen LogP contribution < -0.4 is 5.56 Å². The summed E-state index contributed by atoms with van der Waals surface area (Å²) in [6.07, 6.45) is 1.81. The monoisotopic (exact) mass is 191 g/mol. The zero-order chi connectivity index (χ0) is 9.10. The Labute approximate surface area is 80.1 Å². The second-order valence-corrected chi connectivity index (χ2v) is 3.58. The van der Waals surface area contributed by atoms with Crippen molar-refractivity contribution in [1.29, 1.82) is 0 Å². The smallest absolute Gasteiger partial charge is 0.250 e. The maximum absolute atomic E-state index is 11.3. The van der Waals surface area contributed by atoms with Crippen LogP contribution in [0.2, 0.25) is 0 Å². The topological polar surface area (TPSA) is 22.0 Å². The van der Waals surface area contributed by atoms with Crippen LogP contribution in [0, 0.1) is 0 Å². The predicted molar refractivity (Wildman–Crippen MR) is 54.1 cm³/mol. The van der Waals surface area contributed by atoms with Crippen molar-refractivity contribution in [3.05, 3.63) is 57.1 Å². The molecule has 0 atom stereocenters. The van der Waals surface area contributed by atoms with E-state index >= 15 is 0 Å². The summed E-state index contributed by atoms with van der Waals surface area (Å²) in [5, 5.41) is 4.07. The third-order valence-corrected chi connectivity index (χ3v) is 2.56. The molecule has 0 unspecified atom stereocenters. The lowest BCUT2D eigenvalue weighted by Gasteiger charge is -2.01. The lowest BCUT2D eigenvalue weighted by Crippen LogP contribution is -2.17. The average molecular weight is 191 g/mol. The molecule has 2 heterocycles. The predicted octanol–water partition coefficient (Wildman–Crippen LogP) is 1.96. The maximum atomic E-state index is 11.3. The van der Waals surface area contributed by atoms with E-state index < -0.39 is 0 Å². The normalized spacial score (nSPS) is 10.2. The van der Waals surface area contributed by atoms with Crippen LogP contribution in [0.25, 0.3) is 0 Å². The molecule has 0 aliphatic carbocycles. The van der Waals surface area contributed by atoms with Crippen molar-refractivity contribution in [2.24, 2.45) is 0 Å². The van der Waals surface area contributed by atoms with Gasteiger partial charge in [-0.25, -0.2) is 0 Å². The molecule has 0 radical (unpaired) electrons. The molecule has 0 spiro atoms. The van der Waals surface area contributed by atoms with E-state index in [-0.39, 0.29) is 5.56 Å². The Balaban J connectivity index is 2.29. The Morgan fingerprint density at radius 3 is 2.92 bits per heavy atom. The van der Waals surface area contributed by atoms with E-state index in [4.69, 9.17) is 0 Å². The molecular formula is C10H9NOS. The van der Waals surface area contributed by atoms with Crippen molar-refractivity contribution in [2.45, 2.75) is 6.54 Å². The van der Waals surface area contributed by atoms with E-state index in [1.54, 1.807) is 34.2 Å². The Morgan fingerprint density at radius 2 is 2.23 bits per heavy atom. The summed E-state index contributed by atoms with van der Waals surface area (Å²) < 4.78 is 1.70. The first-order valence-corrected chi connectivity index (χ1v) is 4.97. The summed E-state index contributed by atoms with van der Waals surface area (Å²) in [4.78, 5) is 11.3. The molecule has 2 nitrogen and oxygen atoms in total. The number of pyridine rings is 1. The van der Waals surface area contributed by atoms with Crippen molar-refractivity contribution in [3.8, 4) is 0 Å². The van der Waals surface area contributed by atoms with Gasteiger partial charge in [0.1, 0.15) is 0 Å². The van der Waals surface area contributed by atoms with Crippen LogP contribution in [0.5, 0.6) is 0 Å². The highest BCUT2D eigenvalue weighted by atomic mass is 32.1. The highest BCUT2D eigenvalue weighted by Gasteiger charge is 1.95. The number of rotatable bonds is 2. The first-order valence-electron chi connectivity index (χ1n) is 4.03. The molecule has 2 aromatic rings. The van der Waals surface area contributed by atoms with Gasteiger partial charge in [0.25, 0.3) is 5.56 Å². The molecule has 13 heavy (non-hydrogen) atoms. The van der Waals surface area contributed by atoms with E-state index in [0.29, 0.717) is 6.54 Å². The third-order valence-electron chi connectivity index (χ3n) is 1.83. The van der Waals surface area contributed by atoms with Crippen LogP contribution in [0.1, 0.15) is 5.56 Å². The second kappa shape index (κ2) is 3.58. The van der Waals surface area contributed by atoms with Gasteiger partial charge in [-0.1, -0.05) is 6.07 Å². The van der Waals surface area contributed by atoms with E-state index in [0.717, 1.165) is 0 Å². The zero-order valence-electron chi connectivity index (χ0n) is 7.01. The fourth-order valence-electron chi connectivity index (χ4n) is 1.17. The molecule has 0 saturated carbocycles. The zero-order valence-corrected chi connectivity index (χ0v) is 7.83. The quantitative estimate of drug-likeness (QED) is 0.711. The van der Waals surface area contributed by atoms with E-state index in [1.165, 1.54) is 5.56 Å². The van der Waals surface area contributed by atoms with Crippen LogP contribution in [0.3, 0.4) is 0 Å². The first-order chi connectivity index (χ1) is 6.36. The van der Waals surface area contributed by atoms with Gasteiger partial charge in [-0.2, -0.15) is 11.3 Å². The molecule has 2 aromatic heterocycles. The third kappa shape index (κ3) is 1.87. The molecule has 0 bridgehead atoms. The van der Waals surface area contributed by atoms with Crippen molar-refractivity contribution in [2.75, 3.05) is 0 Å². The highest BCUT2D eigenvalue weighted by molar-refractivity contribution is 7.07. The Bertz CT molecular complexity index is 430. The number of nitrogens with zero attached hydrogens (tertiary/aromatic N) is 1. The summed E-state index contributed by atoms with van der Waals surface area (Å²) in [6, 6.07) is 7.23. The van der Waals surface area contributed by atoms with Gasteiger partial charge in [0, 0.05) is 12.3 Å². The summed E-state index contributed by atoms with van der Waals surface area (Å²) in [5.74, 6) is 0. The van der Waals surface area contributed by atoms with Crippen molar-refractivity contribution < 1.29 is 0 Å². The summed E-state index contributed by atoms with van der Waals surface area (Å²) in [6.45, 7) is 0.670. The molecule has 0 aromatic carbocycles.